The molecule has 0 aliphatic heterocycles. The van der Waals surface area contributed by atoms with Crippen molar-refractivity contribution in [2.75, 3.05) is 33.9 Å². The van der Waals surface area contributed by atoms with Crippen molar-refractivity contribution >= 4 is 15.7 Å². The third kappa shape index (κ3) is 5.43. The first kappa shape index (κ1) is 25.3. The maximum atomic E-state index is 12.8. The zero-order valence-electron chi connectivity index (χ0n) is 19.8. The number of sulfone groups is 1. The van der Waals surface area contributed by atoms with Crippen LogP contribution in [0.15, 0.2) is 75.1 Å². The van der Waals surface area contributed by atoms with E-state index in [1.807, 2.05) is 32.0 Å². The molecule has 1 amide bonds. The van der Waals surface area contributed by atoms with Crippen molar-refractivity contribution < 1.29 is 27.1 Å². The molecule has 3 aromatic rings. The van der Waals surface area contributed by atoms with E-state index in [0.717, 1.165) is 18.7 Å². The van der Waals surface area contributed by atoms with E-state index >= 15 is 0 Å². The first-order valence-corrected chi connectivity index (χ1v) is 12.5. The van der Waals surface area contributed by atoms with Gasteiger partial charge in [-0.1, -0.05) is 38.1 Å². The second-order valence-corrected chi connectivity index (χ2v) is 9.38. The van der Waals surface area contributed by atoms with Gasteiger partial charge >= 0.3 is 0 Å². The number of carbonyl (C=O) groups excluding carboxylic acids is 1. The number of hydrogen-bond acceptors (Lipinski definition) is 7. The number of ether oxygens (including phenoxy) is 2. The predicted molar refractivity (Wildman–Crippen MR) is 128 cm³/mol. The van der Waals surface area contributed by atoms with E-state index in [1.54, 1.807) is 32.4 Å². The molecule has 0 fully saturated rings. The molecule has 0 radical (unpaired) electrons. The van der Waals surface area contributed by atoms with Gasteiger partial charge in [-0.2, -0.15) is 0 Å². The van der Waals surface area contributed by atoms with E-state index in [-0.39, 0.29) is 28.3 Å². The monoisotopic (exact) mass is 486 g/mol. The van der Waals surface area contributed by atoms with Crippen molar-refractivity contribution in [1.29, 1.82) is 0 Å². The van der Waals surface area contributed by atoms with Crippen LogP contribution in [0.2, 0.25) is 0 Å². The minimum atomic E-state index is -3.84. The smallest absolute Gasteiger partial charge is 0.287 e. The van der Waals surface area contributed by atoms with Crippen LogP contribution in [0.5, 0.6) is 11.5 Å². The summed E-state index contributed by atoms with van der Waals surface area (Å²) in [5.41, 5.74) is 0.952. The molecular weight excluding hydrogens is 456 g/mol. The lowest BCUT2D eigenvalue weighted by atomic mass is 10.0. The number of nitrogens with one attached hydrogen (secondary N) is 1. The summed E-state index contributed by atoms with van der Waals surface area (Å²) in [7, 11) is -0.686. The molecule has 9 heteroatoms. The Morgan fingerprint density at radius 1 is 0.971 bits per heavy atom. The summed E-state index contributed by atoms with van der Waals surface area (Å²) in [6, 6.07) is 16.1. The van der Waals surface area contributed by atoms with Crippen molar-refractivity contribution in [3.63, 3.8) is 0 Å². The van der Waals surface area contributed by atoms with Crippen LogP contribution in [0, 0.1) is 0 Å². The minimum absolute atomic E-state index is 0.0693. The Labute approximate surface area is 200 Å². The molecule has 34 heavy (non-hydrogen) atoms. The van der Waals surface area contributed by atoms with Crippen LogP contribution in [0.25, 0.3) is 0 Å². The zero-order chi connectivity index (χ0) is 24.7. The summed E-state index contributed by atoms with van der Waals surface area (Å²) < 4.78 is 41.7. The van der Waals surface area contributed by atoms with Gasteiger partial charge in [0, 0.05) is 6.54 Å². The molecular formula is C25H30N2O6S. The third-order valence-electron chi connectivity index (χ3n) is 5.62. The quantitative estimate of drug-likeness (QED) is 0.438. The SMILES string of the molecule is CCN(CC)C(CNC(=O)c1ccc(S(=O)(=O)c2ccccc2)o1)c1ccc(OC)c(OC)c1. The Hall–Kier alpha value is -3.30. The summed E-state index contributed by atoms with van der Waals surface area (Å²) in [6.07, 6.45) is 0. The van der Waals surface area contributed by atoms with Gasteiger partial charge in [0.25, 0.3) is 5.91 Å². The number of benzene rings is 2. The van der Waals surface area contributed by atoms with Gasteiger partial charge < -0.3 is 19.2 Å². The molecule has 0 aliphatic rings. The molecule has 3 rings (SSSR count). The van der Waals surface area contributed by atoms with Crippen LogP contribution in [-0.4, -0.2) is 53.1 Å². The van der Waals surface area contributed by atoms with Crippen molar-refractivity contribution in [3.8, 4) is 11.5 Å². The standard InChI is InChI=1S/C25H30N2O6S/c1-5-27(6-2)20(18-12-13-21(31-3)23(16-18)32-4)17-26-25(28)22-14-15-24(33-22)34(29,30)19-10-8-7-9-11-19/h7-16,20H,5-6,17H2,1-4H3,(H,26,28). The predicted octanol–water partition coefficient (Wildman–Crippen LogP) is 3.94. The molecule has 0 saturated carbocycles. The molecule has 0 saturated heterocycles. The van der Waals surface area contributed by atoms with Gasteiger partial charge in [-0.05, 0) is 55.1 Å². The second kappa shape index (κ2) is 11.2. The van der Waals surface area contributed by atoms with E-state index in [2.05, 4.69) is 10.2 Å². The Kier molecular flexibility index (Phi) is 8.36. The maximum absolute atomic E-state index is 12.8. The summed E-state index contributed by atoms with van der Waals surface area (Å²) in [5, 5.41) is 2.60. The van der Waals surface area contributed by atoms with Gasteiger partial charge in [-0.3, -0.25) is 9.69 Å². The molecule has 0 bridgehead atoms. The summed E-state index contributed by atoms with van der Waals surface area (Å²) in [5.74, 6) is 0.661. The Morgan fingerprint density at radius 2 is 1.65 bits per heavy atom. The van der Waals surface area contributed by atoms with Crippen LogP contribution < -0.4 is 14.8 Å². The molecule has 8 nitrogen and oxygen atoms in total. The fourth-order valence-corrected chi connectivity index (χ4v) is 4.96. The van der Waals surface area contributed by atoms with Gasteiger partial charge in [0.2, 0.25) is 14.9 Å². The van der Waals surface area contributed by atoms with Gasteiger partial charge in [-0.15, -0.1) is 0 Å². The van der Waals surface area contributed by atoms with E-state index in [1.165, 1.54) is 24.3 Å². The highest BCUT2D eigenvalue weighted by Crippen LogP contribution is 2.32. The summed E-state index contributed by atoms with van der Waals surface area (Å²) >= 11 is 0. The van der Waals surface area contributed by atoms with Gasteiger partial charge in [0.15, 0.2) is 17.3 Å². The Morgan fingerprint density at radius 3 is 2.26 bits per heavy atom. The molecule has 182 valence electrons. The number of likely N-dealkylation sites (N-methyl/N-ethyl adjacent to an activating group) is 1. The number of carbonyl (C=O) groups is 1. The lowest BCUT2D eigenvalue weighted by Crippen LogP contribution is -2.38. The fraction of sp³-hybridized carbons (Fsp3) is 0.320. The van der Waals surface area contributed by atoms with Crippen LogP contribution in [0.1, 0.15) is 36.0 Å². The topological polar surface area (TPSA) is 98.1 Å². The normalized spacial score (nSPS) is 12.4. The van der Waals surface area contributed by atoms with Crippen LogP contribution >= 0.6 is 0 Å². The van der Waals surface area contributed by atoms with Crippen molar-refractivity contribution in [1.82, 2.24) is 10.2 Å². The zero-order valence-corrected chi connectivity index (χ0v) is 20.6. The molecule has 0 aliphatic carbocycles. The summed E-state index contributed by atoms with van der Waals surface area (Å²) in [6.45, 7) is 5.92. The third-order valence-corrected chi connectivity index (χ3v) is 7.27. The highest BCUT2D eigenvalue weighted by Gasteiger charge is 2.25. The molecule has 1 N–H and O–H groups in total. The summed E-state index contributed by atoms with van der Waals surface area (Å²) in [4.78, 5) is 15.1. The van der Waals surface area contributed by atoms with Gasteiger partial charge in [0.1, 0.15) is 0 Å². The second-order valence-electron chi connectivity index (χ2n) is 7.50. The molecule has 2 aromatic carbocycles. The molecule has 0 spiro atoms. The van der Waals surface area contributed by atoms with Crippen LogP contribution in [-0.2, 0) is 9.84 Å². The van der Waals surface area contributed by atoms with Crippen molar-refractivity contribution in [2.45, 2.75) is 29.9 Å². The lowest BCUT2D eigenvalue weighted by molar-refractivity contribution is 0.0902. The van der Waals surface area contributed by atoms with Crippen molar-refractivity contribution in [2.24, 2.45) is 0 Å². The fourth-order valence-electron chi connectivity index (χ4n) is 3.76. The van der Waals surface area contributed by atoms with E-state index in [9.17, 15) is 13.2 Å². The number of hydrogen-bond donors (Lipinski definition) is 1. The Bertz CT molecular complexity index is 1200. The number of nitrogens with zero attached hydrogens (tertiary/aromatic N) is 1. The molecule has 1 heterocycles. The molecule has 1 aromatic heterocycles. The number of methoxy groups -OCH3 is 2. The molecule has 1 unspecified atom stereocenters. The van der Waals surface area contributed by atoms with Crippen molar-refractivity contribution in [3.05, 3.63) is 72.0 Å². The first-order valence-electron chi connectivity index (χ1n) is 11.0. The van der Waals surface area contributed by atoms with Gasteiger partial charge in [0.05, 0.1) is 25.2 Å². The highest BCUT2D eigenvalue weighted by atomic mass is 32.2. The average molecular weight is 487 g/mol. The number of furan rings is 1. The maximum Gasteiger partial charge on any atom is 0.287 e. The van der Waals surface area contributed by atoms with E-state index in [0.29, 0.717) is 11.5 Å². The number of rotatable bonds is 11. The average Bonchev–Trinajstić information content (AvgIpc) is 3.38. The minimum Gasteiger partial charge on any atom is -0.493 e. The number of amides is 1. The Balaban J connectivity index is 1.79. The lowest BCUT2D eigenvalue weighted by Gasteiger charge is -2.30. The van der Waals surface area contributed by atoms with E-state index < -0.39 is 15.7 Å². The largest absolute Gasteiger partial charge is 0.493 e. The first-order chi connectivity index (χ1) is 16.3. The van der Waals surface area contributed by atoms with Crippen LogP contribution in [0.3, 0.4) is 0 Å². The van der Waals surface area contributed by atoms with E-state index in [4.69, 9.17) is 13.9 Å². The van der Waals surface area contributed by atoms with Crippen LogP contribution in [0.4, 0.5) is 0 Å². The van der Waals surface area contributed by atoms with Gasteiger partial charge in [-0.25, -0.2) is 8.42 Å². The molecule has 1 atom stereocenters. The highest BCUT2D eigenvalue weighted by molar-refractivity contribution is 7.91.